The molecule has 0 bridgehead atoms. The molecule has 1 aromatic rings. The van der Waals surface area contributed by atoms with Crippen molar-refractivity contribution >= 4 is 13.6 Å². The van der Waals surface area contributed by atoms with Crippen LogP contribution in [0.25, 0.3) is 0 Å². The van der Waals surface area contributed by atoms with E-state index in [1.54, 1.807) is 0 Å². The second-order valence-electron chi connectivity index (χ2n) is 3.83. The van der Waals surface area contributed by atoms with Gasteiger partial charge >= 0.3 is 0 Å². The van der Waals surface area contributed by atoms with Gasteiger partial charge in [0.15, 0.2) is 5.78 Å². The molecule has 15 heavy (non-hydrogen) atoms. The van der Waals surface area contributed by atoms with E-state index in [9.17, 15) is 4.79 Å². The molecule has 0 radical (unpaired) electrons. The number of carbonyl (C=O) groups is 1. The molecule has 1 atom stereocenters. The first-order valence-corrected chi connectivity index (χ1v) is 5.60. The highest BCUT2D eigenvalue weighted by molar-refractivity contribution is 6.08. The van der Waals surface area contributed by atoms with Gasteiger partial charge in [-0.1, -0.05) is 49.5 Å². The predicted molar refractivity (Wildman–Crippen MR) is 65.9 cm³/mol. The maximum Gasteiger partial charge on any atom is 0.179 e. The Morgan fingerprint density at radius 1 is 1.27 bits per heavy atom. The van der Waals surface area contributed by atoms with Gasteiger partial charge in [-0.15, -0.1) is 0 Å². The van der Waals surface area contributed by atoms with Gasteiger partial charge in [0.1, 0.15) is 7.85 Å². The maximum atomic E-state index is 11.8. The third-order valence-electron chi connectivity index (χ3n) is 2.51. The van der Waals surface area contributed by atoms with Crippen LogP contribution in [0.5, 0.6) is 0 Å². The number of hydrogen-bond acceptors (Lipinski definition) is 2. The molecule has 1 rings (SSSR count). The lowest BCUT2D eigenvalue weighted by Crippen LogP contribution is -2.30. The van der Waals surface area contributed by atoms with Gasteiger partial charge in [0, 0.05) is 5.56 Å². The first-order chi connectivity index (χ1) is 7.25. The van der Waals surface area contributed by atoms with Gasteiger partial charge in [-0.25, -0.2) is 0 Å². The molecule has 0 spiro atoms. The number of carbonyl (C=O) groups excluding carboxylic acids is 1. The van der Waals surface area contributed by atoms with E-state index in [4.69, 9.17) is 5.73 Å². The number of unbranched alkanes of at least 4 members (excludes halogenated alkanes) is 1. The van der Waals surface area contributed by atoms with Crippen LogP contribution in [0.4, 0.5) is 0 Å². The summed E-state index contributed by atoms with van der Waals surface area (Å²) in [4.78, 5) is 11.8. The molecule has 0 fully saturated rings. The Balaban J connectivity index is 2.46. The fourth-order valence-corrected chi connectivity index (χ4v) is 1.56. The molecular weight excluding hydrogens is 185 g/mol. The van der Waals surface area contributed by atoms with Crippen molar-refractivity contribution in [3.63, 3.8) is 0 Å². The van der Waals surface area contributed by atoms with E-state index in [0.29, 0.717) is 0 Å². The van der Waals surface area contributed by atoms with E-state index in [2.05, 4.69) is 7.85 Å². The second-order valence-corrected chi connectivity index (χ2v) is 3.83. The standard InChI is InChI=1S/C12H18BNO/c13-9-5-4-8-11(14)12(15)10-6-2-1-3-7-10/h1-3,6-7,11H,4-5,8-9,13-14H2. The molecule has 0 aliphatic rings. The molecule has 1 aromatic carbocycles. The lowest BCUT2D eigenvalue weighted by atomic mass is 9.95. The summed E-state index contributed by atoms with van der Waals surface area (Å²) in [6.45, 7) is 0. The molecule has 2 N–H and O–H groups in total. The predicted octanol–water partition coefficient (Wildman–Crippen LogP) is 1.42. The molecular formula is C12H18BNO. The van der Waals surface area contributed by atoms with Gasteiger partial charge in [0.2, 0.25) is 0 Å². The minimum atomic E-state index is -0.334. The average Bonchev–Trinajstić information content (AvgIpc) is 2.29. The third-order valence-corrected chi connectivity index (χ3v) is 2.51. The van der Waals surface area contributed by atoms with E-state index in [1.165, 1.54) is 0 Å². The summed E-state index contributed by atoms with van der Waals surface area (Å²) in [5, 5.41) is 0. The van der Waals surface area contributed by atoms with Gasteiger partial charge < -0.3 is 5.73 Å². The monoisotopic (exact) mass is 203 g/mol. The third kappa shape index (κ3) is 3.88. The zero-order chi connectivity index (χ0) is 11.1. The Hall–Kier alpha value is -1.09. The summed E-state index contributed by atoms with van der Waals surface area (Å²) in [6, 6.07) is 8.94. The van der Waals surface area contributed by atoms with Gasteiger partial charge in [-0.2, -0.15) is 0 Å². The minimum Gasteiger partial charge on any atom is -0.321 e. The first-order valence-electron chi connectivity index (χ1n) is 5.60. The van der Waals surface area contributed by atoms with Crippen molar-refractivity contribution in [2.24, 2.45) is 5.73 Å². The maximum absolute atomic E-state index is 11.8. The van der Waals surface area contributed by atoms with E-state index in [-0.39, 0.29) is 11.8 Å². The van der Waals surface area contributed by atoms with Crippen LogP contribution in [0.2, 0.25) is 6.32 Å². The van der Waals surface area contributed by atoms with E-state index in [1.807, 2.05) is 30.3 Å². The number of hydrogen-bond donors (Lipinski definition) is 1. The Morgan fingerprint density at radius 2 is 1.93 bits per heavy atom. The van der Waals surface area contributed by atoms with Crippen LogP contribution >= 0.6 is 0 Å². The fraction of sp³-hybridized carbons (Fsp3) is 0.417. The summed E-state index contributed by atoms with van der Waals surface area (Å²) in [6.07, 6.45) is 4.14. The lowest BCUT2D eigenvalue weighted by Gasteiger charge is -2.09. The molecule has 0 aromatic heterocycles. The quantitative estimate of drug-likeness (QED) is 0.431. The van der Waals surface area contributed by atoms with Crippen molar-refractivity contribution in [1.82, 2.24) is 0 Å². The van der Waals surface area contributed by atoms with Gasteiger partial charge in [-0.05, 0) is 6.42 Å². The normalized spacial score (nSPS) is 12.3. The second kappa shape index (κ2) is 6.41. The van der Waals surface area contributed by atoms with Crippen LogP contribution in [0.3, 0.4) is 0 Å². The van der Waals surface area contributed by atoms with Gasteiger partial charge in [0.25, 0.3) is 0 Å². The van der Waals surface area contributed by atoms with Crippen LogP contribution in [-0.2, 0) is 0 Å². The highest BCUT2D eigenvalue weighted by atomic mass is 16.1. The smallest absolute Gasteiger partial charge is 0.179 e. The highest BCUT2D eigenvalue weighted by Gasteiger charge is 2.14. The molecule has 0 amide bonds. The van der Waals surface area contributed by atoms with Crippen molar-refractivity contribution in [3.05, 3.63) is 35.9 Å². The van der Waals surface area contributed by atoms with Crippen LogP contribution < -0.4 is 5.73 Å². The summed E-state index contributed by atoms with van der Waals surface area (Å²) in [7, 11) is 2.14. The fourth-order valence-electron chi connectivity index (χ4n) is 1.56. The minimum absolute atomic E-state index is 0.0618. The van der Waals surface area contributed by atoms with E-state index in [0.717, 1.165) is 31.1 Å². The number of benzene rings is 1. The topological polar surface area (TPSA) is 43.1 Å². The number of Topliss-reactive ketones (excluding diaryl/α,β-unsaturated/α-hetero) is 1. The summed E-state index contributed by atoms with van der Waals surface area (Å²) in [5.74, 6) is 0.0618. The molecule has 0 heterocycles. The van der Waals surface area contributed by atoms with E-state index >= 15 is 0 Å². The Bertz CT molecular complexity index is 300. The SMILES string of the molecule is BCCCCC(N)C(=O)c1ccccc1. The first kappa shape index (κ1) is 12.0. The Labute approximate surface area is 92.3 Å². The molecule has 1 unspecified atom stereocenters. The molecule has 0 saturated heterocycles. The number of nitrogens with two attached hydrogens (primary N) is 1. The van der Waals surface area contributed by atoms with Crippen molar-refractivity contribution < 1.29 is 4.79 Å². The highest BCUT2D eigenvalue weighted by Crippen LogP contribution is 2.08. The summed E-state index contributed by atoms with van der Waals surface area (Å²) in [5.41, 5.74) is 6.56. The lowest BCUT2D eigenvalue weighted by molar-refractivity contribution is 0.0956. The van der Waals surface area contributed by atoms with Crippen LogP contribution in [0.15, 0.2) is 30.3 Å². The molecule has 80 valence electrons. The summed E-state index contributed by atoms with van der Waals surface area (Å²) < 4.78 is 0. The Kier molecular flexibility index (Phi) is 5.12. The molecule has 2 nitrogen and oxygen atoms in total. The van der Waals surface area contributed by atoms with Crippen molar-refractivity contribution in [2.75, 3.05) is 0 Å². The van der Waals surface area contributed by atoms with Gasteiger partial charge in [-0.3, -0.25) is 4.79 Å². The van der Waals surface area contributed by atoms with Crippen LogP contribution in [-0.4, -0.2) is 19.7 Å². The van der Waals surface area contributed by atoms with Crippen LogP contribution in [0.1, 0.15) is 29.6 Å². The average molecular weight is 203 g/mol. The van der Waals surface area contributed by atoms with Crippen molar-refractivity contribution in [3.8, 4) is 0 Å². The van der Waals surface area contributed by atoms with Crippen molar-refractivity contribution in [1.29, 1.82) is 0 Å². The number of ketones is 1. The number of rotatable bonds is 6. The summed E-state index contributed by atoms with van der Waals surface area (Å²) >= 11 is 0. The molecule has 0 aliphatic heterocycles. The van der Waals surface area contributed by atoms with Gasteiger partial charge in [0.05, 0.1) is 6.04 Å². The van der Waals surface area contributed by atoms with Crippen LogP contribution in [0, 0.1) is 0 Å². The molecule has 3 heteroatoms. The molecule has 0 aliphatic carbocycles. The van der Waals surface area contributed by atoms with Crippen molar-refractivity contribution in [2.45, 2.75) is 31.6 Å². The Morgan fingerprint density at radius 3 is 2.53 bits per heavy atom. The van der Waals surface area contributed by atoms with E-state index < -0.39 is 0 Å². The molecule has 0 saturated carbocycles. The largest absolute Gasteiger partial charge is 0.321 e. The zero-order valence-corrected chi connectivity index (χ0v) is 9.28. The zero-order valence-electron chi connectivity index (χ0n) is 9.28.